The molecule has 0 spiro atoms. The number of rotatable bonds is 7. The van der Waals surface area contributed by atoms with Crippen molar-refractivity contribution in [1.29, 1.82) is 0 Å². The van der Waals surface area contributed by atoms with Gasteiger partial charge in [-0.3, -0.25) is 4.79 Å². The van der Waals surface area contributed by atoms with Gasteiger partial charge in [0.15, 0.2) is 0 Å². The smallest absolute Gasteiger partial charge is 0.235 e. The van der Waals surface area contributed by atoms with Crippen LogP contribution in [0.4, 0.5) is 0 Å². The van der Waals surface area contributed by atoms with E-state index < -0.39 is 10.0 Å². The molecule has 0 saturated carbocycles. The van der Waals surface area contributed by atoms with Crippen molar-refractivity contribution in [2.45, 2.75) is 30.8 Å². The van der Waals surface area contributed by atoms with Gasteiger partial charge in [-0.1, -0.05) is 30.3 Å². The summed E-state index contributed by atoms with van der Waals surface area (Å²) in [5, 5.41) is -0.0909. The first-order valence-corrected chi connectivity index (χ1v) is 11.2. The number of thioether (sulfide) groups is 1. The summed E-state index contributed by atoms with van der Waals surface area (Å²) in [4.78, 5) is 14.5. The van der Waals surface area contributed by atoms with E-state index in [1.165, 1.54) is 11.8 Å². The van der Waals surface area contributed by atoms with Crippen LogP contribution in [0.25, 0.3) is 0 Å². The Bertz CT molecular complexity index is 634. The fraction of sp³-hybridized carbons (Fsp3) is 0.588. The first-order chi connectivity index (χ1) is 11.3. The molecular formula is C17H26N2O3S2. The highest BCUT2D eigenvalue weighted by Crippen LogP contribution is 2.23. The van der Waals surface area contributed by atoms with Crippen LogP contribution < -0.4 is 4.72 Å². The summed E-state index contributed by atoms with van der Waals surface area (Å²) in [7, 11) is -3.17. The SMILES string of the molecule is CC(SCc1ccccc1)C(=O)N1CCCC(CNS(C)(=O)=O)C1. The summed E-state index contributed by atoms with van der Waals surface area (Å²) in [5.74, 6) is 1.17. The molecule has 1 N–H and O–H groups in total. The van der Waals surface area contributed by atoms with E-state index >= 15 is 0 Å². The molecule has 2 rings (SSSR count). The molecule has 1 heterocycles. The quantitative estimate of drug-likeness (QED) is 0.798. The van der Waals surface area contributed by atoms with Crippen LogP contribution in [0.3, 0.4) is 0 Å². The van der Waals surface area contributed by atoms with Crippen LogP contribution in [0, 0.1) is 5.92 Å². The molecule has 0 aromatic heterocycles. The lowest BCUT2D eigenvalue weighted by Gasteiger charge is -2.34. The van der Waals surface area contributed by atoms with Crippen molar-refractivity contribution in [3.05, 3.63) is 35.9 Å². The number of sulfonamides is 1. The predicted molar refractivity (Wildman–Crippen MR) is 99.3 cm³/mol. The van der Waals surface area contributed by atoms with Crippen LogP contribution in [0.2, 0.25) is 0 Å². The molecule has 24 heavy (non-hydrogen) atoms. The van der Waals surface area contributed by atoms with Crippen molar-refractivity contribution < 1.29 is 13.2 Å². The minimum absolute atomic E-state index is 0.0909. The number of carbonyl (C=O) groups is 1. The summed E-state index contributed by atoms with van der Waals surface area (Å²) in [6, 6.07) is 10.1. The highest BCUT2D eigenvalue weighted by atomic mass is 32.2. The van der Waals surface area contributed by atoms with Gasteiger partial charge in [0, 0.05) is 25.4 Å². The van der Waals surface area contributed by atoms with E-state index in [-0.39, 0.29) is 17.1 Å². The molecule has 0 radical (unpaired) electrons. The van der Waals surface area contributed by atoms with E-state index in [2.05, 4.69) is 16.9 Å². The summed E-state index contributed by atoms with van der Waals surface area (Å²) in [6.45, 7) is 3.77. The average Bonchev–Trinajstić information content (AvgIpc) is 2.58. The average molecular weight is 371 g/mol. The van der Waals surface area contributed by atoms with Crippen LogP contribution in [0.15, 0.2) is 30.3 Å². The van der Waals surface area contributed by atoms with Gasteiger partial charge in [-0.2, -0.15) is 0 Å². The zero-order valence-electron chi connectivity index (χ0n) is 14.3. The molecule has 2 atom stereocenters. The Balaban J connectivity index is 1.82. The highest BCUT2D eigenvalue weighted by molar-refractivity contribution is 7.99. The molecule has 1 amide bonds. The Kier molecular flexibility index (Phi) is 7.13. The molecule has 134 valence electrons. The number of carbonyl (C=O) groups excluding carboxylic acids is 1. The van der Waals surface area contributed by atoms with Gasteiger partial charge in [0.2, 0.25) is 15.9 Å². The van der Waals surface area contributed by atoms with Crippen LogP contribution in [0.5, 0.6) is 0 Å². The molecular weight excluding hydrogens is 344 g/mol. The Morgan fingerprint density at radius 1 is 1.38 bits per heavy atom. The maximum absolute atomic E-state index is 12.6. The number of piperidine rings is 1. The number of likely N-dealkylation sites (tertiary alicyclic amines) is 1. The van der Waals surface area contributed by atoms with Crippen molar-refractivity contribution in [1.82, 2.24) is 9.62 Å². The molecule has 1 aliphatic heterocycles. The largest absolute Gasteiger partial charge is 0.341 e. The molecule has 1 fully saturated rings. The van der Waals surface area contributed by atoms with E-state index in [4.69, 9.17) is 0 Å². The van der Waals surface area contributed by atoms with E-state index in [1.807, 2.05) is 30.0 Å². The van der Waals surface area contributed by atoms with Gasteiger partial charge in [0.05, 0.1) is 11.5 Å². The Labute approximate surface area is 149 Å². The van der Waals surface area contributed by atoms with Crippen molar-refractivity contribution in [2.75, 3.05) is 25.9 Å². The lowest BCUT2D eigenvalue weighted by molar-refractivity contribution is -0.132. The highest BCUT2D eigenvalue weighted by Gasteiger charge is 2.27. The standard InChI is InChI=1S/C17H26N2O3S2/c1-14(23-13-15-7-4-3-5-8-15)17(20)19-10-6-9-16(12-19)11-18-24(2,21)22/h3-5,7-8,14,16,18H,6,9-13H2,1-2H3. The summed E-state index contributed by atoms with van der Waals surface area (Å²) < 4.78 is 25.0. The van der Waals surface area contributed by atoms with E-state index in [1.54, 1.807) is 11.8 Å². The van der Waals surface area contributed by atoms with Gasteiger partial charge in [-0.15, -0.1) is 11.8 Å². The van der Waals surface area contributed by atoms with Crippen molar-refractivity contribution in [3.63, 3.8) is 0 Å². The summed E-state index contributed by atoms with van der Waals surface area (Å²) >= 11 is 1.65. The minimum atomic E-state index is -3.17. The maximum atomic E-state index is 12.6. The molecule has 2 unspecified atom stereocenters. The number of nitrogens with one attached hydrogen (secondary N) is 1. The molecule has 1 aliphatic rings. The Morgan fingerprint density at radius 3 is 2.75 bits per heavy atom. The molecule has 7 heteroatoms. The van der Waals surface area contributed by atoms with Gasteiger partial charge < -0.3 is 4.90 Å². The fourth-order valence-corrected chi connectivity index (χ4v) is 4.29. The number of nitrogens with zero attached hydrogens (tertiary/aromatic N) is 1. The van der Waals surface area contributed by atoms with Gasteiger partial charge in [-0.05, 0) is 31.2 Å². The number of benzene rings is 1. The Hall–Kier alpha value is -1.05. The number of hydrogen-bond donors (Lipinski definition) is 1. The predicted octanol–water partition coefficient (Wildman–Crippen LogP) is 2.10. The molecule has 0 aliphatic carbocycles. The van der Waals surface area contributed by atoms with Gasteiger partial charge in [0.25, 0.3) is 0 Å². The summed E-state index contributed by atoms with van der Waals surface area (Å²) in [6.07, 6.45) is 3.05. The second-order valence-electron chi connectivity index (χ2n) is 6.35. The van der Waals surface area contributed by atoms with Crippen LogP contribution >= 0.6 is 11.8 Å². The minimum Gasteiger partial charge on any atom is -0.341 e. The maximum Gasteiger partial charge on any atom is 0.235 e. The topological polar surface area (TPSA) is 66.5 Å². The second kappa shape index (κ2) is 8.87. The first-order valence-electron chi connectivity index (χ1n) is 8.24. The monoisotopic (exact) mass is 370 g/mol. The third kappa shape index (κ3) is 6.45. The second-order valence-corrected chi connectivity index (χ2v) is 9.51. The van der Waals surface area contributed by atoms with Crippen LogP contribution in [0.1, 0.15) is 25.3 Å². The van der Waals surface area contributed by atoms with Crippen molar-refractivity contribution >= 4 is 27.7 Å². The lowest BCUT2D eigenvalue weighted by Crippen LogP contribution is -2.46. The molecule has 5 nitrogen and oxygen atoms in total. The summed E-state index contributed by atoms with van der Waals surface area (Å²) in [5.41, 5.74) is 1.22. The fourth-order valence-electron chi connectivity index (χ4n) is 2.82. The van der Waals surface area contributed by atoms with Crippen LogP contribution in [-0.2, 0) is 20.6 Å². The lowest BCUT2D eigenvalue weighted by atomic mass is 9.98. The normalized spacial score (nSPS) is 19.9. The van der Waals surface area contributed by atoms with Crippen molar-refractivity contribution in [3.8, 4) is 0 Å². The third-order valence-electron chi connectivity index (χ3n) is 4.16. The number of amides is 1. The van der Waals surface area contributed by atoms with Crippen molar-refractivity contribution in [2.24, 2.45) is 5.92 Å². The zero-order valence-corrected chi connectivity index (χ0v) is 15.9. The van der Waals surface area contributed by atoms with Gasteiger partial charge in [0.1, 0.15) is 0 Å². The van der Waals surface area contributed by atoms with Gasteiger partial charge >= 0.3 is 0 Å². The van der Waals surface area contributed by atoms with Gasteiger partial charge in [-0.25, -0.2) is 13.1 Å². The Morgan fingerprint density at radius 2 is 2.08 bits per heavy atom. The molecule has 0 bridgehead atoms. The molecule has 1 saturated heterocycles. The molecule has 1 aromatic rings. The van der Waals surface area contributed by atoms with E-state index in [0.29, 0.717) is 13.1 Å². The first kappa shape index (κ1) is 19.3. The van der Waals surface area contributed by atoms with E-state index in [9.17, 15) is 13.2 Å². The molecule has 1 aromatic carbocycles. The number of hydrogen-bond acceptors (Lipinski definition) is 4. The third-order valence-corrected chi connectivity index (χ3v) is 6.05. The van der Waals surface area contributed by atoms with E-state index in [0.717, 1.165) is 25.1 Å². The van der Waals surface area contributed by atoms with Crippen LogP contribution in [-0.4, -0.2) is 50.4 Å². The zero-order chi connectivity index (χ0) is 17.6.